The van der Waals surface area contributed by atoms with Crippen molar-refractivity contribution in [3.05, 3.63) is 53.3 Å². The fraction of sp³-hybridized carbons (Fsp3) is 0.267. The highest BCUT2D eigenvalue weighted by Gasteiger charge is 2.25. The average molecular weight is 305 g/mol. The van der Waals surface area contributed by atoms with Crippen molar-refractivity contribution in [3.8, 4) is 0 Å². The van der Waals surface area contributed by atoms with E-state index in [1.165, 1.54) is 11.4 Å². The summed E-state index contributed by atoms with van der Waals surface area (Å²) in [7, 11) is -2.11. The molecule has 0 saturated heterocycles. The van der Waals surface area contributed by atoms with E-state index in [4.69, 9.17) is 5.73 Å². The van der Waals surface area contributed by atoms with Gasteiger partial charge in [0.05, 0.1) is 17.9 Å². The number of benzene rings is 1. The average Bonchev–Trinajstić information content (AvgIpc) is 2.38. The lowest BCUT2D eigenvalue weighted by atomic mass is 10.2. The van der Waals surface area contributed by atoms with Gasteiger partial charge in [-0.1, -0.05) is 18.2 Å². The smallest absolute Gasteiger partial charge is 0.245 e. The summed E-state index contributed by atoms with van der Waals surface area (Å²) in [5, 5.41) is 0. The first-order valence-corrected chi connectivity index (χ1v) is 8.00. The molecule has 0 unspecified atom stereocenters. The third kappa shape index (κ3) is 3.22. The molecule has 1 aromatic carbocycles. The highest BCUT2D eigenvalue weighted by atomic mass is 32.2. The Morgan fingerprint density at radius 3 is 2.43 bits per heavy atom. The van der Waals surface area contributed by atoms with Gasteiger partial charge >= 0.3 is 0 Å². The molecule has 0 atom stereocenters. The van der Waals surface area contributed by atoms with Crippen LogP contribution in [0, 0.1) is 13.8 Å². The van der Waals surface area contributed by atoms with Gasteiger partial charge in [-0.15, -0.1) is 0 Å². The summed E-state index contributed by atoms with van der Waals surface area (Å²) < 4.78 is 26.6. The minimum Gasteiger partial charge on any atom is -0.398 e. The highest BCUT2D eigenvalue weighted by Crippen LogP contribution is 2.25. The van der Waals surface area contributed by atoms with Crippen LogP contribution in [0.15, 0.2) is 41.3 Å². The summed E-state index contributed by atoms with van der Waals surface area (Å²) in [6.07, 6.45) is 0. The van der Waals surface area contributed by atoms with E-state index in [1.807, 2.05) is 19.1 Å². The minimum atomic E-state index is -3.64. The van der Waals surface area contributed by atoms with Gasteiger partial charge in [-0.05, 0) is 37.6 Å². The number of hydrogen-bond donors (Lipinski definition) is 1. The maximum Gasteiger partial charge on any atom is 0.245 e. The van der Waals surface area contributed by atoms with E-state index in [-0.39, 0.29) is 17.1 Å². The molecule has 0 amide bonds. The summed E-state index contributed by atoms with van der Waals surface area (Å²) >= 11 is 0. The van der Waals surface area contributed by atoms with Gasteiger partial charge < -0.3 is 5.73 Å². The number of aromatic nitrogens is 1. The summed E-state index contributed by atoms with van der Waals surface area (Å²) in [5.74, 6) is 0. The van der Waals surface area contributed by atoms with Crippen molar-refractivity contribution >= 4 is 15.7 Å². The number of anilines is 1. The summed E-state index contributed by atoms with van der Waals surface area (Å²) in [4.78, 5) is 4.49. The number of nitrogen functional groups attached to an aromatic ring is 1. The number of sulfonamides is 1. The third-order valence-electron chi connectivity index (χ3n) is 3.24. The van der Waals surface area contributed by atoms with E-state index < -0.39 is 10.0 Å². The number of nitrogens with two attached hydrogens (primary N) is 1. The standard InChI is InChI=1S/C15H19N3O2S/c1-11-6-4-9-14(16)15(11)21(19,20)18(3)10-13-8-5-7-12(2)17-13/h4-9H,10,16H2,1-3H3. The molecule has 0 aliphatic heterocycles. The van der Waals surface area contributed by atoms with Crippen LogP contribution in [0.5, 0.6) is 0 Å². The van der Waals surface area contributed by atoms with E-state index in [9.17, 15) is 8.42 Å². The van der Waals surface area contributed by atoms with Crippen molar-refractivity contribution in [2.75, 3.05) is 12.8 Å². The van der Waals surface area contributed by atoms with Crippen molar-refractivity contribution in [1.29, 1.82) is 0 Å². The van der Waals surface area contributed by atoms with Crippen molar-refractivity contribution < 1.29 is 8.42 Å². The number of aryl methyl sites for hydroxylation is 2. The van der Waals surface area contributed by atoms with E-state index in [0.717, 1.165) is 5.69 Å². The van der Waals surface area contributed by atoms with Gasteiger partial charge in [-0.2, -0.15) is 4.31 Å². The molecule has 1 aromatic heterocycles. The molecule has 21 heavy (non-hydrogen) atoms. The number of rotatable bonds is 4. The molecule has 0 aliphatic carbocycles. The van der Waals surface area contributed by atoms with Crippen LogP contribution >= 0.6 is 0 Å². The number of pyridine rings is 1. The van der Waals surface area contributed by atoms with Gasteiger partial charge in [0.25, 0.3) is 0 Å². The van der Waals surface area contributed by atoms with E-state index >= 15 is 0 Å². The second-order valence-corrected chi connectivity index (χ2v) is 7.01. The highest BCUT2D eigenvalue weighted by molar-refractivity contribution is 7.89. The Hall–Kier alpha value is -1.92. The molecule has 2 aromatic rings. The lowest BCUT2D eigenvalue weighted by Gasteiger charge is -2.19. The van der Waals surface area contributed by atoms with Crippen molar-refractivity contribution in [2.45, 2.75) is 25.3 Å². The SMILES string of the molecule is Cc1cccc(CN(C)S(=O)(=O)c2c(C)cccc2N)n1. The van der Waals surface area contributed by atoms with E-state index in [1.54, 1.807) is 31.2 Å². The van der Waals surface area contributed by atoms with Gasteiger partial charge in [-0.3, -0.25) is 4.98 Å². The zero-order valence-corrected chi connectivity index (χ0v) is 13.2. The monoisotopic (exact) mass is 305 g/mol. The molecule has 0 aliphatic rings. The maximum absolute atomic E-state index is 12.7. The van der Waals surface area contributed by atoms with Crippen molar-refractivity contribution in [3.63, 3.8) is 0 Å². The molecule has 6 heteroatoms. The molecule has 1 heterocycles. The first-order chi connectivity index (χ1) is 9.82. The van der Waals surface area contributed by atoms with Crippen LogP contribution in [0.3, 0.4) is 0 Å². The topological polar surface area (TPSA) is 76.3 Å². The molecule has 0 saturated carbocycles. The maximum atomic E-state index is 12.7. The second kappa shape index (κ2) is 5.83. The first-order valence-electron chi connectivity index (χ1n) is 6.56. The zero-order valence-electron chi connectivity index (χ0n) is 12.4. The molecule has 0 radical (unpaired) electrons. The number of nitrogens with zero attached hydrogens (tertiary/aromatic N) is 2. The van der Waals surface area contributed by atoms with Crippen LogP contribution in [0.4, 0.5) is 5.69 Å². The fourth-order valence-electron chi connectivity index (χ4n) is 2.18. The van der Waals surface area contributed by atoms with Gasteiger partial charge in [0.2, 0.25) is 10.0 Å². The molecule has 0 spiro atoms. The Kier molecular flexibility index (Phi) is 4.29. The predicted molar refractivity (Wildman–Crippen MR) is 83.2 cm³/mol. The molecule has 2 N–H and O–H groups in total. The Labute approximate surface area is 125 Å². The van der Waals surface area contributed by atoms with Gasteiger partial charge in [0, 0.05) is 12.7 Å². The Morgan fingerprint density at radius 2 is 1.81 bits per heavy atom. The van der Waals surface area contributed by atoms with Crippen molar-refractivity contribution in [2.24, 2.45) is 0 Å². The molecule has 5 nitrogen and oxygen atoms in total. The molecule has 0 fully saturated rings. The largest absolute Gasteiger partial charge is 0.398 e. The normalized spacial score (nSPS) is 11.8. The lowest BCUT2D eigenvalue weighted by Crippen LogP contribution is -2.28. The lowest BCUT2D eigenvalue weighted by molar-refractivity contribution is 0.461. The van der Waals surface area contributed by atoms with Crippen LogP contribution in [0.25, 0.3) is 0 Å². The van der Waals surface area contributed by atoms with E-state index in [2.05, 4.69) is 4.98 Å². The fourth-order valence-corrected chi connectivity index (χ4v) is 3.64. The summed E-state index contributed by atoms with van der Waals surface area (Å²) in [5.41, 5.74) is 8.30. The summed E-state index contributed by atoms with van der Waals surface area (Å²) in [6, 6.07) is 10.6. The Balaban J connectivity index is 2.35. The van der Waals surface area contributed by atoms with Crippen LogP contribution < -0.4 is 5.73 Å². The third-order valence-corrected chi connectivity index (χ3v) is 5.26. The molecule has 2 rings (SSSR count). The predicted octanol–water partition coefficient (Wildman–Crippen LogP) is 2.10. The van der Waals surface area contributed by atoms with Gasteiger partial charge in [0.15, 0.2) is 0 Å². The molecule has 0 bridgehead atoms. The summed E-state index contributed by atoms with van der Waals surface area (Å²) in [6.45, 7) is 3.82. The second-order valence-electron chi connectivity index (χ2n) is 5.02. The quantitative estimate of drug-likeness (QED) is 0.878. The van der Waals surface area contributed by atoms with Crippen LogP contribution in [-0.2, 0) is 16.6 Å². The van der Waals surface area contributed by atoms with Crippen LogP contribution in [0.1, 0.15) is 17.0 Å². The first kappa shape index (κ1) is 15.5. The molecular formula is C15H19N3O2S. The van der Waals surface area contributed by atoms with Crippen LogP contribution in [-0.4, -0.2) is 24.8 Å². The Bertz CT molecular complexity index is 737. The minimum absolute atomic E-state index is 0.167. The van der Waals surface area contributed by atoms with E-state index in [0.29, 0.717) is 11.3 Å². The zero-order chi connectivity index (χ0) is 15.6. The van der Waals surface area contributed by atoms with Crippen molar-refractivity contribution in [1.82, 2.24) is 9.29 Å². The van der Waals surface area contributed by atoms with Crippen LogP contribution in [0.2, 0.25) is 0 Å². The molecule has 112 valence electrons. The van der Waals surface area contributed by atoms with Gasteiger partial charge in [0.1, 0.15) is 4.90 Å². The Morgan fingerprint density at radius 1 is 1.14 bits per heavy atom. The molecular weight excluding hydrogens is 286 g/mol. The number of hydrogen-bond acceptors (Lipinski definition) is 4. The van der Waals surface area contributed by atoms with Gasteiger partial charge in [-0.25, -0.2) is 8.42 Å².